The molecule has 0 aromatic carbocycles. The van der Waals surface area contributed by atoms with Crippen LogP contribution in [0, 0.1) is 6.92 Å². The van der Waals surface area contributed by atoms with E-state index in [0.717, 1.165) is 10.6 Å². The zero-order valence-electron chi connectivity index (χ0n) is 15.3. The minimum Gasteiger partial charge on any atom is -0.444 e. The van der Waals surface area contributed by atoms with Crippen molar-refractivity contribution in [1.82, 2.24) is 25.6 Å². The SMILES string of the molecule is Cc1cnc(CNC(=O)c2csc(CCNC(=O)OC(C)(C)C)n2)nc1. The van der Waals surface area contributed by atoms with Crippen LogP contribution in [0.4, 0.5) is 4.79 Å². The lowest BCUT2D eigenvalue weighted by Gasteiger charge is -2.19. The summed E-state index contributed by atoms with van der Waals surface area (Å²) in [6.45, 7) is 7.95. The molecular weight excluding hydrogens is 354 g/mol. The Hall–Kier alpha value is -2.55. The first-order chi connectivity index (χ1) is 12.2. The van der Waals surface area contributed by atoms with Crippen molar-refractivity contribution in [1.29, 1.82) is 0 Å². The number of ether oxygens (including phenoxy) is 1. The van der Waals surface area contributed by atoms with Crippen LogP contribution < -0.4 is 10.6 Å². The standard InChI is InChI=1S/C17H23N5O3S/c1-11-7-19-13(20-8-11)9-21-15(23)12-10-26-14(22-12)5-6-18-16(24)25-17(2,3)4/h7-8,10H,5-6,9H2,1-4H3,(H,18,24)(H,21,23). The third-order valence-electron chi connectivity index (χ3n) is 3.03. The number of rotatable bonds is 6. The van der Waals surface area contributed by atoms with Crippen LogP contribution in [-0.2, 0) is 17.7 Å². The van der Waals surface area contributed by atoms with Gasteiger partial charge in [-0.05, 0) is 33.3 Å². The van der Waals surface area contributed by atoms with E-state index in [0.29, 0.717) is 24.5 Å². The Bertz CT molecular complexity index is 753. The van der Waals surface area contributed by atoms with E-state index in [9.17, 15) is 9.59 Å². The first-order valence-electron chi connectivity index (χ1n) is 8.20. The largest absolute Gasteiger partial charge is 0.444 e. The molecule has 0 unspecified atom stereocenters. The van der Waals surface area contributed by atoms with Crippen molar-refractivity contribution in [3.63, 3.8) is 0 Å². The van der Waals surface area contributed by atoms with Gasteiger partial charge < -0.3 is 15.4 Å². The minimum atomic E-state index is -0.530. The fourth-order valence-electron chi connectivity index (χ4n) is 1.88. The van der Waals surface area contributed by atoms with Crippen LogP contribution in [0.25, 0.3) is 0 Å². The normalized spacial score (nSPS) is 11.1. The molecule has 2 amide bonds. The van der Waals surface area contributed by atoms with Gasteiger partial charge in [0.1, 0.15) is 17.1 Å². The van der Waals surface area contributed by atoms with Gasteiger partial charge in [0, 0.05) is 30.7 Å². The van der Waals surface area contributed by atoms with E-state index >= 15 is 0 Å². The highest BCUT2D eigenvalue weighted by Gasteiger charge is 2.16. The molecule has 0 saturated carbocycles. The third kappa shape index (κ3) is 6.75. The van der Waals surface area contributed by atoms with Gasteiger partial charge in [-0.25, -0.2) is 19.7 Å². The highest BCUT2D eigenvalue weighted by molar-refractivity contribution is 7.09. The Balaban J connectivity index is 1.76. The van der Waals surface area contributed by atoms with Crippen LogP contribution in [0.2, 0.25) is 0 Å². The Kier molecular flexibility index (Phi) is 6.62. The first-order valence-corrected chi connectivity index (χ1v) is 9.08. The van der Waals surface area contributed by atoms with Gasteiger partial charge in [0.25, 0.3) is 5.91 Å². The number of carbonyl (C=O) groups excluding carboxylic acids is 2. The van der Waals surface area contributed by atoms with E-state index < -0.39 is 11.7 Å². The molecule has 2 aromatic heterocycles. The summed E-state index contributed by atoms with van der Waals surface area (Å²) in [6, 6.07) is 0. The van der Waals surface area contributed by atoms with Crippen LogP contribution in [0.5, 0.6) is 0 Å². The van der Waals surface area contributed by atoms with Gasteiger partial charge in [0.15, 0.2) is 0 Å². The summed E-state index contributed by atoms with van der Waals surface area (Å²) in [5.74, 6) is 0.262. The first kappa shape index (κ1) is 19.8. The Morgan fingerprint density at radius 2 is 1.88 bits per heavy atom. The van der Waals surface area contributed by atoms with Gasteiger partial charge in [-0.1, -0.05) is 0 Å². The van der Waals surface area contributed by atoms with Gasteiger partial charge in [-0.3, -0.25) is 4.79 Å². The molecule has 140 valence electrons. The van der Waals surface area contributed by atoms with E-state index in [1.165, 1.54) is 11.3 Å². The van der Waals surface area contributed by atoms with Crippen LogP contribution in [0.3, 0.4) is 0 Å². The summed E-state index contributed by atoms with van der Waals surface area (Å²) in [6.07, 6.45) is 3.46. The smallest absolute Gasteiger partial charge is 0.407 e. The molecule has 2 heterocycles. The van der Waals surface area contributed by atoms with Gasteiger partial charge >= 0.3 is 6.09 Å². The third-order valence-corrected chi connectivity index (χ3v) is 3.94. The molecule has 0 aliphatic carbocycles. The molecule has 0 fully saturated rings. The lowest BCUT2D eigenvalue weighted by molar-refractivity contribution is 0.0528. The summed E-state index contributed by atoms with van der Waals surface area (Å²) in [5, 5.41) is 7.85. The second-order valence-electron chi connectivity index (χ2n) is 6.66. The maximum absolute atomic E-state index is 12.1. The molecule has 26 heavy (non-hydrogen) atoms. The molecule has 8 nitrogen and oxygen atoms in total. The summed E-state index contributed by atoms with van der Waals surface area (Å²) in [7, 11) is 0. The summed E-state index contributed by atoms with van der Waals surface area (Å²) in [5.41, 5.74) is 0.774. The molecule has 2 aromatic rings. The van der Waals surface area contributed by atoms with Crippen molar-refractivity contribution in [3.8, 4) is 0 Å². The van der Waals surface area contributed by atoms with Crippen LogP contribution in [-0.4, -0.2) is 39.1 Å². The fraction of sp³-hybridized carbons (Fsp3) is 0.471. The Morgan fingerprint density at radius 3 is 2.54 bits per heavy atom. The van der Waals surface area contributed by atoms with Gasteiger partial charge in [0.05, 0.1) is 11.6 Å². The summed E-state index contributed by atoms with van der Waals surface area (Å²) < 4.78 is 5.16. The average molecular weight is 377 g/mol. The number of hydrogen-bond donors (Lipinski definition) is 2. The van der Waals surface area contributed by atoms with Crippen molar-refractivity contribution in [2.24, 2.45) is 0 Å². The number of nitrogens with one attached hydrogen (secondary N) is 2. The van der Waals surface area contributed by atoms with Gasteiger partial charge in [-0.15, -0.1) is 11.3 Å². The van der Waals surface area contributed by atoms with Crippen molar-refractivity contribution < 1.29 is 14.3 Å². The maximum atomic E-state index is 12.1. The number of thiazole rings is 1. The number of aromatic nitrogens is 3. The fourth-order valence-corrected chi connectivity index (χ4v) is 2.65. The Morgan fingerprint density at radius 1 is 1.19 bits per heavy atom. The van der Waals surface area contributed by atoms with Crippen molar-refractivity contribution >= 4 is 23.3 Å². The minimum absolute atomic E-state index is 0.242. The number of alkyl carbamates (subject to hydrolysis) is 1. The lowest BCUT2D eigenvalue weighted by atomic mass is 10.2. The van der Waals surface area contributed by atoms with E-state index in [4.69, 9.17) is 4.74 Å². The number of hydrogen-bond acceptors (Lipinski definition) is 7. The number of carbonyl (C=O) groups is 2. The van der Waals surface area contributed by atoms with E-state index in [1.807, 2.05) is 6.92 Å². The Labute approximate surface area is 156 Å². The monoisotopic (exact) mass is 377 g/mol. The van der Waals surface area contributed by atoms with Crippen LogP contribution in [0.1, 0.15) is 47.7 Å². The number of amides is 2. The predicted octanol–water partition coefficient (Wildman–Crippen LogP) is 2.24. The second-order valence-corrected chi connectivity index (χ2v) is 7.61. The quantitative estimate of drug-likeness (QED) is 0.800. The predicted molar refractivity (Wildman–Crippen MR) is 98.0 cm³/mol. The molecule has 2 rings (SSSR count). The molecule has 0 spiro atoms. The molecule has 0 atom stereocenters. The van der Waals surface area contributed by atoms with Crippen molar-refractivity contribution in [2.45, 2.75) is 46.3 Å². The van der Waals surface area contributed by atoms with Crippen molar-refractivity contribution in [2.75, 3.05) is 6.54 Å². The highest BCUT2D eigenvalue weighted by atomic mass is 32.1. The van der Waals surface area contributed by atoms with Crippen molar-refractivity contribution in [3.05, 3.63) is 39.9 Å². The average Bonchev–Trinajstić information content (AvgIpc) is 3.01. The molecular formula is C17H23N5O3S. The topological polar surface area (TPSA) is 106 Å². The molecule has 0 aliphatic heterocycles. The molecule has 0 aliphatic rings. The van der Waals surface area contributed by atoms with Crippen LogP contribution in [0.15, 0.2) is 17.8 Å². The molecule has 0 radical (unpaired) electrons. The van der Waals surface area contributed by atoms with E-state index in [-0.39, 0.29) is 12.5 Å². The zero-order valence-corrected chi connectivity index (χ0v) is 16.1. The van der Waals surface area contributed by atoms with Gasteiger partial charge in [-0.2, -0.15) is 0 Å². The molecule has 0 bridgehead atoms. The maximum Gasteiger partial charge on any atom is 0.407 e. The number of aryl methyl sites for hydroxylation is 1. The van der Waals surface area contributed by atoms with E-state index in [1.54, 1.807) is 38.5 Å². The van der Waals surface area contributed by atoms with Gasteiger partial charge in [0.2, 0.25) is 0 Å². The van der Waals surface area contributed by atoms with E-state index in [2.05, 4.69) is 25.6 Å². The molecule has 9 heteroatoms. The lowest BCUT2D eigenvalue weighted by Crippen LogP contribution is -2.33. The summed E-state index contributed by atoms with van der Waals surface area (Å²) >= 11 is 1.37. The second kappa shape index (κ2) is 8.70. The van der Waals surface area contributed by atoms with Crippen LogP contribution >= 0.6 is 11.3 Å². The molecule has 0 saturated heterocycles. The molecule has 2 N–H and O–H groups in total. The summed E-state index contributed by atoms with van der Waals surface area (Å²) in [4.78, 5) is 36.3. The highest BCUT2D eigenvalue weighted by Crippen LogP contribution is 2.11. The zero-order chi connectivity index (χ0) is 19.2. The number of nitrogens with zero attached hydrogens (tertiary/aromatic N) is 3.